The highest BCUT2D eigenvalue weighted by Gasteiger charge is 2.19. The second kappa shape index (κ2) is 7.44. The molecule has 1 aromatic rings. The molecular formula is C17H25NO2. The van der Waals surface area contributed by atoms with Gasteiger partial charge in [0.2, 0.25) is 0 Å². The average molecular weight is 275 g/mol. The molecule has 0 bridgehead atoms. The summed E-state index contributed by atoms with van der Waals surface area (Å²) in [5, 5.41) is 0. The third kappa shape index (κ3) is 4.07. The molecule has 0 saturated heterocycles. The van der Waals surface area contributed by atoms with Crippen LogP contribution < -0.4 is 4.90 Å². The van der Waals surface area contributed by atoms with Crippen LogP contribution in [0.1, 0.15) is 43.5 Å². The minimum absolute atomic E-state index is 0.267. The Morgan fingerprint density at radius 1 is 1.25 bits per heavy atom. The maximum atomic E-state index is 12.0. The van der Waals surface area contributed by atoms with Gasteiger partial charge in [-0.25, -0.2) is 0 Å². The molecule has 0 atom stereocenters. The van der Waals surface area contributed by atoms with Crippen molar-refractivity contribution >= 4 is 11.5 Å². The van der Waals surface area contributed by atoms with Crippen LogP contribution in [0.4, 0.5) is 5.69 Å². The highest BCUT2D eigenvalue weighted by Crippen LogP contribution is 2.25. The number of para-hydroxylation sites is 1. The quantitative estimate of drug-likeness (QED) is 0.744. The largest absolute Gasteiger partial charge is 0.380 e. The number of rotatable bonds is 6. The van der Waals surface area contributed by atoms with Crippen LogP contribution in [0.3, 0.4) is 0 Å². The van der Waals surface area contributed by atoms with Gasteiger partial charge in [0, 0.05) is 37.4 Å². The zero-order valence-electron chi connectivity index (χ0n) is 12.6. The standard InChI is InChI=1S/C17H25NO2/c1-14(2)9-12-20-13-11-18-10-5-8-17(19)15-6-3-4-7-16(15)18/h3-4,6-7,14H,5,8-13H2,1-2H3. The van der Waals surface area contributed by atoms with Gasteiger partial charge >= 0.3 is 0 Å². The maximum absolute atomic E-state index is 12.0. The predicted octanol–water partition coefficient (Wildman–Crippen LogP) is 3.53. The minimum atomic E-state index is 0.267. The molecule has 0 saturated carbocycles. The molecule has 0 amide bonds. The van der Waals surface area contributed by atoms with Crippen molar-refractivity contribution in [3.63, 3.8) is 0 Å². The lowest BCUT2D eigenvalue weighted by Crippen LogP contribution is -2.28. The van der Waals surface area contributed by atoms with Crippen molar-refractivity contribution in [2.45, 2.75) is 33.1 Å². The van der Waals surface area contributed by atoms with E-state index in [2.05, 4.69) is 18.7 Å². The number of fused-ring (bicyclic) bond motifs is 1. The molecule has 0 aromatic heterocycles. The lowest BCUT2D eigenvalue weighted by molar-refractivity contribution is 0.0984. The molecule has 3 heteroatoms. The lowest BCUT2D eigenvalue weighted by atomic mass is 10.1. The van der Waals surface area contributed by atoms with Crippen LogP contribution in [-0.2, 0) is 4.74 Å². The summed E-state index contributed by atoms with van der Waals surface area (Å²) in [6.07, 6.45) is 2.69. The molecule has 2 rings (SSSR count). The second-order valence-corrected chi connectivity index (χ2v) is 5.83. The summed E-state index contributed by atoms with van der Waals surface area (Å²) in [5.41, 5.74) is 1.94. The number of ether oxygens (including phenoxy) is 1. The number of hydrogen-bond donors (Lipinski definition) is 0. The van der Waals surface area contributed by atoms with Gasteiger partial charge in [-0.1, -0.05) is 26.0 Å². The van der Waals surface area contributed by atoms with Gasteiger partial charge in [-0.3, -0.25) is 4.79 Å². The Morgan fingerprint density at radius 2 is 2.05 bits per heavy atom. The van der Waals surface area contributed by atoms with E-state index >= 15 is 0 Å². The summed E-state index contributed by atoms with van der Waals surface area (Å²) in [4.78, 5) is 14.3. The zero-order valence-corrected chi connectivity index (χ0v) is 12.6. The topological polar surface area (TPSA) is 29.5 Å². The Labute approximate surface area is 121 Å². The van der Waals surface area contributed by atoms with E-state index in [0.29, 0.717) is 12.3 Å². The SMILES string of the molecule is CC(C)CCOCCN1CCCC(=O)c2ccccc21. The average Bonchev–Trinajstić information content (AvgIpc) is 2.59. The molecule has 1 aromatic carbocycles. The molecule has 0 fully saturated rings. The number of ketones is 1. The molecular weight excluding hydrogens is 250 g/mol. The summed E-state index contributed by atoms with van der Waals surface area (Å²) in [6.45, 7) is 7.78. The van der Waals surface area contributed by atoms with Crippen molar-refractivity contribution < 1.29 is 9.53 Å². The number of nitrogens with zero attached hydrogens (tertiary/aromatic N) is 1. The van der Waals surface area contributed by atoms with Gasteiger partial charge in [-0.2, -0.15) is 0 Å². The van der Waals surface area contributed by atoms with E-state index in [9.17, 15) is 4.79 Å². The number of anilines is 1. The van der Waals surface area contributed by atoms with Crippen LogP contribution in [0.15, 0.2) is 24.3 Å². The molecule has 1 aliphatic heterocycles. The monoisotopic (exact) mass is 275 g/mol. The van der Waals surface area contributed by atoms with Gasteiger partial charge in [-0.05, 0) is 30.9 Å². The highest BCUT2D eigenvalue weighted by molar-refractivity contribution is 6.01. The lowest BCUT2D eigenvalue weighted by Gasteiger charge is -2.24. The second-order valence-electron chi connectivity index (χ2n) is 5.83. The minimum Gasteiger partial charge on any atom is -0.380 e. The molecule has 3 nitrogen and oxygen atoms in total. The van der Waals surface area contributed by atoms with Crippen LogP contribution in [0.5, 0.6) is 0 Å². The van der Waals surface area contributed by atoms with E-state index in [0.717, 1.165) is 50.4 Å². The first-order valence-electron chi connectivity index (χ1n) is 7.63. The van der Waals surface area contributed by atoms with Gasteiger partial charge in [0.1, 0.15) is 0 Å². The number of benzene rings is 1. The van der Waals surface area contributed by atoms with E-state index in [1.54, 1.807) is 0 Å². The molecule has 0 radical (unpaired) electrons. The molecule has 20 heavy (non-hydrogen) atoms. The molecule has 1 heterocycles. The normalized spacial score (nSPS) is 15.3. The van der Waals surface area contributed by atoms with Crippen LogP contribution in [0.2, 0.25) is 0 Å². The van der Waals surface area contributed by atoms with Crippen molar-refractivity contribution in [1.29, 1.82) is 0 Å². The summed E-state index contributed by atoms with van der Waals surface area (Å²) >= 11 is 0. The van der Waals surface area contributed by atoms with Crippen molar-refractivity contribution in [3.8, 4) is 0 Å². The van der Waals surface area contributed by atoms with Crippen molar-refractivity contribution in [2.75, 3.05) is 31.2 Å². The van der Waals surface area contributed by atoms with Crippen molar-refractivity contribution in [3.05, 3.63) is 29.8 Å². The van der Waals surface area contributed by atoms with Gasteiger partial charge in [0.15, 0.2) is 5.78 Å². The third-order valence-corrected chi connectivity index (χ3v) is 3.72. The number of Topliss-reactive ketones (excluding diaryl/α,β-unsaturated/α-hetero) is 1. The Balaban J connectivity index is 1.91. The van der Waals surface area contributed by atoms with Crippen LogP contribution in [0.25, 0.3) is 0 Å². The summed E-state index contributed by atoms with van der Waals surface area (Å²) < 4.78 is 5.70. The zero-order chi connectivity index (χ0) is 14.4. The Kier molecular flexibility index (Phi) is 5.60. The maximum Gasteiger partial charge on any atom is 0.165 e. The van der Waals surface area contributed by atoms with E-state index in [1.165, 1.54) is 0 Å². The Bertz CT molecular complexity index is 442. The number of carbonyl (C=O) groups is 1. The first kappa shape index (κ1) is 15.0. The third-order valence-electron chi connectivity index (χ3n) is 3.72. The molecule has 0 aliphatic carbocycles. The van der Waals surface area contributed by atoms with E-state index in [-0.39, 0.29) is 5.78 Å². The van der Waals surface area contributed by atoms with Gasteiger partial charge in [-0.15, -0.1) is 0 Å². The van der Waals surface area contributed by atoms with E-state index < -0.39 is 0 Å². The summed E-state index contributed by atoms with van der Waals surface area (Å²) in [6, 6.07) is 7.94. The van der Waals surface area contributed by atoms with Crippen LogP contribution in [0, 0.1) is 5.92 Å². The van der Waals surface area contributed by atoms with Crippen LogP contribution in [-0.4, -0.2) is 32.1 Å². The molecule has 0 spiro atoms. The Hall–Kier alpha value is -1.35. The predicted molar refractivity (Wildman–Crippen MR) is 82.5 cm³/mol. The number of carbonyl (C=O) groups excluding carboxylic acids is 1. The number of hydrogen-bond acceptors (Lipinski definition) is 3. The van der Waals surface area contributed by atoms with Gasteiger partial charge in [0.05, 0.1) is 6.61 Å². The van der Waals surface area contributed by atoms with Crippen molar-refractivity contribution in [2.24, 2.45) is 5.92 Å². The first-order chi connectivity index (χ1) is 9.68. The molecule has 0 N–H and O–H groups in total. The first-order valence-corrected chi connectivity index (χ1v) is 7.63. The smallest absolute Gasteiger partial charge is 0.165 e. The highest BCUT2D eigenvalue weighted by atomic mass is 16.5. The fraction of sp³-hybridized carbons (Fsp3) is 0.588. The fourth-order valence-electron chi connectivity index (χ4n) is 2.50. The van der Waals surface area contributed by atoms with Crippen molar-refractivity contribution in [1.82, 2.24) is 0 Å². The summed E-state index contributed by atoms with van der Waals surface area (Å²) in [5.74, 6) is 0.954. The molecule has 0 unspecified atom stereocenters. The van der Waals surface area contributed by atoms with Crippen LogP contribution >= 0.6 is 0 Å². The van der Waals surface area contributed by atoms with Gasteiger partial charge < -0.3 is 9.64 Å². The van der Waals surface area contributed by atoms with Gasteiger partial charge in [0.25, 0.3) is 0 Å². The molecule has 110 valence electrons. The molecule has 1 aliphatic rings. The van der Waals surface area contributed by atoms with E-state index in [4.69, 9.17) is 4.74 Å². The van der Waals surface area contributed by atoms with E-state index in [1.807, 2.05) is 24.3 Å². The fourth-order valence-corrected chi connectivity index (χ4v) is 2.50. The Morgan fingerprint density at radius 3 is 2.85 bits per heavy atom. The summed E-state index contributed by atoms with van der Waals surface area (Å²) in [7, 11) is 0.